The van der Waals surface area contributed by atoms with Gasteiger partial charge >= 0.3 is 12.1 Å². The van der Waals surface area contributed by atoms with Gasteiger partial charge in [-0.15, -0.1) is 0 Å². The Balaban J connectivity index is 1.82. The second-order valence-corrected chi connectivity index (χ2v) is 9.58. The summed E-state index contributed by atoms with van der Waals surface area (Å²) in [7, 11) is 0. The van der Waals surface area contributed by atoms with Gasteiger partial charge in [0.05, 0.1) is 17.9 Å². The SMILES string of the molecule is C[C@H](C(=O)OC(C)(C)C)[C@@H](CCc1ccccc1)C(=O)N1C(=O)OC[C@@H]1Cc1ccccc1. The number of esters is 1. The highest BCUT2D eigenvalue weighted by Crippen LogP contribution is 2.28. The molecule has 0 aliphatic carbocycles. The molecule has 0 aromatic heterocycles. The Kier molecular flexibility index (Phi) is 7.90. The molecule has 33 heavy (non-hydrogen) atoms. The summed E-state index contributed by atoms with van der Waals surface area (Å²) in [4.78, 5) is 40.4. The highest BCUT2D eigenvalue weighted by molar-refractivity contribution is 5.96. The molecule has 0 N–H and O–H groups in total. The molecular weight excluding hydrogens is 418 g/mol. The van der Waals surface area contributed by atoms with E-state index in [2.05, 4.69) is 0 Å². The van der Waals surface area contributed by atoms with Gasteiger partial charge in [0.1, 0.15) is 12.2 Å². The molecule has 0 saturated carbocycles. The molecular formula is C27H33NO5. The number of imide groups is 1. The molecule has 1 saturated heterocycles. The van der Waals surface area contributed by atoms with Crippen LogP contribution >= 0.6 is 0 Å². The van der Waals surface area contributed by atoms with Crippen molar-refractivity contribution in [3.8, 4) is 0 Å². The zero-order valence-corrected chi connectivity index (χ0v) is 19.8. The fourth-order valence-corrected chi connectivity index (χ4v) is 4.06. The van der Waals surface area contributed by atoms with E-state index in [1.165, 1.54) is 4.90 Å². The third-order valence-corrected chi connectivity index (χ3v) is 5.80. The van der Waals surface area contributed by atoms with Crippen molar-refractivity contribution in [3.05, 3.63) is 71.8 Å². The molecule has 0 unspecified atom stereocenters. The molecule has 176 valence electrons. The van der Waals surface area contributed by atoms with Crippen molar-refractivity contribution in [2.45, 2.75) is 58.6 Å². The lowest BCUT2D eigenvalue weighted by Crippen LogP contribution is -2.46. The summed E-state index contributed by atoms with van der Waals surface area (Å²) in [6.45, 7) is 7.24. The molecule has 3 rings (SSSR count). The maximum absolute atomic E-state index is 13.7. The van der Waals surface area contributed by atoms with Crippen LogP contribution in [0.15, 0.2) is 60.7 Å². The van der Waals surface area contributed by atoms with Crippen LogP contribution in [-0.4, -0.2) is 41.1 Å². The van der Waals surface area contributed by atoms with Gasteiger partial charge in [-0.2, -0.15) is 0 Å². The van der Waals surface area contributed by atoms with Crippen LogP contribution in [0, 0.1) is 11.8 Å². The van der Waals surface area contributed by atoms with Gasteiger partial charge in [-0.1, -0.05) is 67.6 Å². The van der Waals surface area contributed by atoms with Crippen LogP contribution in [-0.2, 0) is 31.9 Å². The number of aryl methyl sites for hydroxylation is 1. The van der Waals surface area contributed by atoms with Gasteiger partial charge in [0.15, 0.2) is 0 Å². The number of rotatable bonds is 8. The summed E-state index contributed by atoms with van der Waals surface area (Å²) >= 11 is 0. The van der Waals surface area contributed by atoms with E-state index in [0.717, 1.165) is 11.1 Å². The predicted molar refractivity (Wildman–Crippen MR) is 125 cm³/mol. The topological polar surface area (TPSA) is 72.9 Å². The molecule has 0 radical (unpaired) electrons. The summed E-state index contributed by atoms with van der Waals surface area (Å²) < 4.78 is 10.8. The van der Waals surface area contributed by atoms with Crippen LogP contribution in [0.5, 0.6) is 0 Å². The van der Waals surface area contributed by atoms with Crippen molar-refractivity contribution in [2.24, 2.45) is 11.8 Å². The second kappa shape index (κ2) is 10.6. The lowest BCUT2D eigenvalue weighted by atomic mass is 9.86. The fourth-order valence-electron chi connectivity index (χ4n) is 4.06. The van der Waals surface area contributed by atoms with Crippen molar-refractivity contribution < 1.29 is 23.9 Å². The standard InChI is InChI=1S/C27H33NO5/c1-19(25(30)33-27(2,3)4)23(16-15-20-11-7-5-8-12-20)24(29)28-22(18-32-26(28)31)17-21-13-9-6-10-14-21/h5-14,19,22-23H,15-18H2,1-4H3/t19-,22-,23+/m0/s1. The van der Waals surface area contributed by atoms with Gasteiger partial charge in [0.25, 0.3) is 0 Å². The number of hydrogen-bond donors (Lipinski definition) is 0. The normalized spacial score (nSPS) is 17.9. The van der Waals surface area contributed by atoms with Gasteiger partial charge in [-0.25, -0.2) is 9.69 Å². The average Bonchev–Trinajstić information content (AvgIpc) is 3.13. The molecule has 6 nitrogen and oxygen atoms in total. The molecule has 6 heteroatoms. The van der Waals surface area contributed by atoms with Crippen LogP contribution in [0.25, 0.3) is 0 Å². The first kappa shape index (κ1) is 24.5. The maximum Gasteiger partial charge on any atom is 0.416 e. The number of amides is 2. The van der Waals surface area contributed by atoms with Crippen molar-refractivity contribution >= 4 is 18.0 Å². The monoisotopic (exact) mass is 451 g/mol. The molecule has 2 aromatic carbocycles. The Morgan fingerprint density at radius 3 is 2.18 bits per heavy atom. The summed E-state index contributed by atoms with van der Waals surface area (Å²) in [5, 5.41) is 0. The molecule has 2 amide bonds. The summed E-state index contributed by atoms with van der Waals surface area (Å²) in [6.07, 6.45) is 0.883. The molecule has 1 aliphatic heterocycles. The first-order valence-corrected chi connectivity index (χ1v) is 11.5. The van der Waals surface area contributed by atoms with Crippen LogP contribution in [0.4, 0.5) is 4.79 Å². The Bertz CT molecular complexity index is 951. The highest BCUT2D eigenvalue weighted by Gasteiger charge is 2.44. The summed E-state index contributed by atoms with van der Waals surface area (Å²) in [5.41, 5.74) is 1.41. The fraction of sp³-hybridized carbons (Fsp3) is 0.444. The first-order chi connectivity index (χ1) is 15.7. The van der Waals surface area contributed by atoms with E-state index in [9.17, 15) is 14.4 Å². The van der Waals surface area contributed by atoms with Crippen molar-refractivity contribution in [2.75, 3.05) is 6.61 Å². The maximum atomic E-state index is 13.7. The summed E-state index contributed by atoms with van der Waals surface area (Å²) in [6, 6.07) is 19.1. The molecule has 1 heterocycles. The number of cyclic esters (lactones) is 1. The van der Waals surface area contributed by atoms with Gasteiger partial charge in [-0.05, 0) is 51.2 Å². The van der Waals surface area contributed by atoms with Gasteiger partial charge in [0, 0.05) is 0 Å². The zero-order valence-electron chi connectivity index (χ0n) is 19.8. The third kappa shape index (κ3) is 6.67. The van der Waals surface area contributed by atoms with E-state index < -0.39 is 35.5 Å². The first-order valence-electron chi connectivity index (χ1n) is 11.5. The predicted octanol–water partition coefficient (Wildman–Crippen LogP) is 4.80. The smallest absolute Gasteiger partial charge is 0.416 e. The van der Waals surface area contributed by atoms with Crippen molar-refractivity contribution in [1.82, 2.24) is 4.90 Å². The molecule has 1 fully saturated rings. The van der Waals surface area contributed by atoms with Crippen LogP contribution in [0.1, 0.15) is 45.2 Å². The molecule has 3 atom stereocenters. The van der Waals surface area contributed by atoms with Gasteiger partial charge < -0.3 is 9.47 Å². The highest BCUT2D eigenvalue weighted by atomic mass is 16.6. The Morgan fingerprint density at radius 1 is 1.03 bits per heavy atom. The van der Waals surface area contributed by atoms with E-state index in [4.69, 9.17) is 9.47 Å². The number of benzene rings is 2. The number of carbonyl (C=O) groups excluding carboxylic acids is 3. The van der Waals surface area contributed by atoms with Gasteiger partial charge in [-0.3, -0.25) is 9.59 Å². The van der Waals surface area contributed by atoms with Crippen LogP contribution in [0.2, 0.25) is 0 Å². The quantitative estimate of drug-likeness (QED) is 0.539. The van der Waals surface area contributed by atoms with E-state index in [1.54, 1.807) is 27.7 Å². The van der Waals surface area contributed by atoms with Gasteiger partial charge in [0.2, 0.25) is 5.91 Å². The number of ether oxygens (including phenoxy) is 2. The average molecular weight is 452 g/mol. The van der Waals surface area contributed by atoms with E-state index in [0.29, 0.717) is 19.3 Å². The molecule has 0 bridgehead atoms. The lowest BCUT2D eigenvalue weighted by Gasteiger charge is -2.30. The van der Waals surface area contributed by atoms with Crippen LogP contribution in [0.3, 0.4) is 0 Å². The molecule has 2 aromatic rings. The zero-order chi connectivity index (χ0) is 24.0. The number of nitrogens with zero attached hydrogens (tertiary/aromatic N) is 1. The third-order valence-electron chi connectivity index (χ3n) is 5.80. The van der Waals surface area contributed by atoms with E-state index >= 15 is 0 Å². The molecule has 1 aliphatic rings. The van der Waals surface area contributed by atoms with E-state index in [-0.39, 0.29) is 12.5 Å². The van der Waals surface area contributed by atoms with Crippen LogP contribution < -0.4 is 0 Å². The molecule has 0 spiro atoms. The van der Waals surface area contributed by atoms with E-state index in [1.807, 2.05) is 60.7 Å². The minimum Gasteiger partial charge on any atom is -0.460 e. The van der Waals surface area contributed by atoms with Crippen molar-refractivity contribution in [3.63, 3.8) is 0 Å². The number of carbonyl (C=O) groups is 3. The summed E-state index contributed by atoms with van der Waals surface area (Å²) in [5.74, 6) is -2.23. The minimum absolute atomic E-state index is 0.145. The van der Waals surface area contributed by atoms with Crippen molar-refractivity contribution in [1.29, 1.82) is 0 Å². The number of hydrogen-bond acceptors (Lipinski definition) is 5. The Morgan fingerprint density at radius 2 is 1.61 bits per heavy atom. The lowest BCUT2D eigenvalue weighted by molar-refractivity contribution is -0.164. The largest absolute Gasteiger partial charge is 0.460 e. The Labute approximate surface area is 195 Å². The minimum atomic E-state index is -0.705. The Hall–Kier alpha value is -3.15. The second-order valence-electron chi connectivity index (χ2n) is 9.58.